The molecule has 2 N–H and O–H groups in total. The summed E-state index contributed by atoms with van der Waals surface area (Å²) in [5.74, 6) is 0. The highest BCUT2D eigenvalue weighted by atomic mass is 32.1. The Morgan fingerprint density at radius 1 is 1.24 bits per heavy atom. The highest BCUT2D eigenvalue weighted by Gasteiger charge is 2.00. The van der Waals surface area contributed by atoms with Crippen LogP contribution in [0.5, 0.6) is 0 Å². The number of pyridine rings is 1. The minimum absolute atomic E-state index is 0.255. The Balaban J connectivity index is 2.15. The summed E-state index contributed by atoms with van der Waals surface area (Å²) in [5, 5.41) is 22.1. The van der Waals surface area contributed by atoms with E-state index >= 15 is 0 Å². The summed E-state index contributed by atoms with van der Waals surface area (Å²) in [4.78, 5) is 5.34. The van der Waals surface area contributed by atoms with Gasteiger partial charge in [0.1, 0.15) is 4.83 Å². The summed E-state index contributed by atoms with van der Waals surface area (Å²) < 4.78 is 1.13. The van der Waals surface area contributed by atoms with Crippen LogP contribution in [0.2, 0.25) is 0 Å². The van der Waals surface area contributed by atoms with Gasteiger partial charge in [-0.15, -0.1) is 11.3 Å². The third-order valence-corrected chi connectivity index (χ3v) is 3.50. The molecule has 0 saturated heterocycles. The molecule has 0 bridgehead atoms. The molecule has 0 spiro atoms. The Labute approximate surface area is 103 Å². The maximum atomic E-state index is 9.58. The molecule has 92 valence electrons. The third-order valence-electron chi connectivity index (χ3n) is 2.60. The van der Waals surface area contributed by atoms with Crippen molar-refractivity contribution in [3.05, 3.63) is 29.1 Å². The molecule has 0 unspecified atom stereocenters. The number of aromatic nitrogens is 1. The molecule has 0 aliphatic carbocycles. The van der Waals surface area contributed by atoms with E-state index in [2.05, 4.69) is 4.99 Å². The van der Waals surface area contributed by atoms with Crippen molar-refractivity contribution in [1.82, 2.24) is 4.73 Å². The number of hydrogen-bond donors (Lipinski definition) is 2. The maximum absolute atomic E-state index is 9.58. The van der Waals surface area contributed by atoms with E-state index < -0.39 is 0 Å². The lowest BCUT2D eigenvalue weighted by Crippen LogP contribution is -2.06. The van der Waals surface area contributed by atoms with E-state index in [9.17, 15) is 5.21 Å². The van der Waals surface area contributed by atoms with Crippen LogP contribution in [0.25, 0.3) is 10.2 Å². The largest absolute Gasteiger partial charge is 0.428 e. The summed E-state index contributed by atoms with van der Waals surface area (Å²) in [7, 11) is 0. The number of fused-ring (bicyclic) bond motifs is 1. The van der Waals surface area contributed by atoms with Gasteiger partial charge in [0.15, 0.2) is 0 Å². The van der Waals surface area contributed by atoms with Crippen molar-refractivity contribution < 1.29 is 10.3 Å². The maximum Gasteiger partial charge on any atom is 0.141 e. The fraction of sp³-hybridized carbons (Fsp3) is 0.417. The average Bonchev–Trinajstić information content (AvgIpc) is 2.81. The standard InChI is InChI=1S/C12H16N2O2S/c15-8-3-1-2-6-13-11-4-7-14(16)12-10(11)5-9-17-12/h4-5,7,9,15-16H,1-3,6,8H2. The molecule has 0 aromatic carbocycles. The highest BCUT2D eigenvalue weighted by molar-refractivity contribution is 7.16. The van der Waals surface area contributed by atoms with Crippen LogP contribution in [-0.4, -0.2) is 28.2 Å². The van der Waals surface area contributed by atoms with Gasteiger partial charge in [0.05, 0.1) is 5.36 Å². The number of hydrogen-bond acceptors (Lipinski definition) is 4. The minimum atomic E-state index is 0.255. The van der Waals surface area contributed by atoms with E-state index in [1.165, 1.54) is 11.3 Å². The molecular weight excluding hydrogens is 236 g/mol. The van der Waals surface area contributed by atoms with Crippen LogP contribution in [0.1, 0.15) is 19.3 Å². The first-order valence-corrected chi connectivity index (χ1v) is 6.60. The van der Waals surface area contributed by atoms with Crippen molar-refractivity contribution in [2.75, 3.05) is 13.2 Å². The Morgan fingerprint density at radius 3 is 2.94 bits per heavy atom. The summed E-state index contributed by atoms with van der Waals surface area (Å²) in [6.07, 6.45) is 4.44. The molecule has 0 radical (unpaired) electrons. The predicted molar refractivity (Wildman–Crippen MR) is 68.4 cm³/mol. The summed E-state index contributed by atoms with van der Waals surface area (Å²) in [5.41, 5.74) is 0. The van der Waals surface area contributed by atoms with E-state index in [4.69, 9.17) is 5.11 Å². The normalized spacial score (nSPS) is 12.4. The molecule has 0 amide bonds. The van der Waals surface area contributed by atoms with E-state index in [1.807, 2.05) is 17.5 Å². The second kappa shape index (κ2) is 5.84. The van der Waals surface area contributed by atoms with Crippen LogP contribution in [0, 0.1) is 0 Å². The molecule has 2 heterocycles. The van der Waals surface area contributed by atoms with Crippen LogP contribution in [0.3, 0.4) is 0 Å². The van der Waals surface area contributed by atoms with E-state index in [0.717, 1.165) is 46.1 Å². The molecule has 0 fully saturated rings. The fourth-order valence-corrected chi connectivity index (χ4v) is 2.51. The van der Waals surface area contributed by atoms with E-state index in [0.29, 0.717) is 0 Å². The van der Waals surface area contributed by atoms with Gasteiger partial charge in [-0.2, -0.15) is 4.73 Å². The predicted octanol–water partition coefficient (Wildman–Crippen LogP) is 2.00. The van der Waals surface area contributed by atoms with Crippen molar-refractivity contribution in [3.63, 3.8) is 0 Å². The lowest BCUT2D eigenvalue weighted by atomic mass is 10.2. The van der Waals surface area contributed by atoms with Crippen molar-refractivity contribution in [1.29, 1.82) is 0 Å². The SMILES string of the molecule is OCCCCCN=c1ccn(O)c2sccc12. The zero-order valence-corrected chi connectivity index (χ0v) is 10.4. The summed E-state index contributed by atoms with van der Waals surface area (Å²) in [6, 6.07) is 3.79. The van der Waals surface area contributed by atoms with Crippen LogP contribution < -0.4 is 5.36 Å². The van der Waals surface area contributed by atoms with Gasteiger partial charge in [0, 0.05) is 24.7 Å². The van der Waals surface area contributed by atoms with Gasteiger partial charge in [-0.05, 0) is 36.8 Å². The zero-order valence-electron chi connectivity index (χ0n) is 9.54. The first-order valence-electron chi connectivity index (χ1n) is 5.72. The first-order chi connectivity index (χ1) is 8.33. The number of nitrogens with zero attached hydrogens (tertiary/aromatic N) is 2. The smallest absolute Gasteiger partial charge is 0.141 e. The molecule has 0 atom stereocenters. The fourth-order valence-electron chi connectivity index (χ4n) is 1.71. The van der Waals surface area contributed by atoms with Gasteiger partial charge in [-0.3, -0.25) is 4.99 Å². The molecule has 0 saturated carbocycles. The van der Waals surface area contributed by atoms with Crippen LogP contribution in [-0.2, 0) is 0 Å². The Hall–Kier alpha value is -1.33. The topological polar surface area (TPSA) is 57.8 Å². The van der Waals surface area contributed by atoms with Crippen molar-refractivity contribution >= 4 is 21.6 Å². The number of aliphatic hydroxyl groups excluding tert-OH is 1. The number of aliphatic hydroxyl groups is 1. The monoisotopic (exact) mass is 252 g/mol. The van der Waals surface area contributed by atoms with Crippen LogP contribution in [0.15, 0.2) is 28.7 Å². The summed E-state index contributed by atoms with van der Waals surface area (Å²) in [6.45, 7) is 1.02. The lowest BCUT2D eigenvalue weighted by Gasteiger charge is -1.99. The Bertz CT molecular complexity index is 545. The second-order valence-corrected chi connectivity index (χ2v) is 4.75. The third kappa shape index (κ3) is 2.87. The first kappa shape index (κ1) is 12.1. The van der Waals surface area contributed by atoms with Gasteiger partial charge < -0.3 is 10.3 Å². The van der Waals surface area contributed by atoms with Gasteiger partial charge >= 0.3 is 0 Å². The lowest BCUT2D eigenvalue weighted by molar-refractivity contribution is 0.199. The van der Waals surface area contributed by atoms with Crippen molar-refractivity contribution in [2.45, 2.75) is 19.3 Å². The number of rotatable bonds is 5. The zero-order chi connectivity index (χ0) is 12.1. The molecule has 2 rings (SSSR count). The quantitative estimate of drug-likeness (QED) is 0.631. The molecule has 2 aromatic heterocycles. The number of thiophene rings is 1. The minimum Gasteiger partial charge on any atom is -0.428 e. The van der Waals surface area contributed by atoms with Gasteiger partial charge in [-0.25, -0.2) is 0 Å². The van der Waals surface area contributed by atoms with E-state index in [1.54, 1.807) is 6.20 Å². The molecule has 4 nitrogen and oxygen atoms in total. The van der Waals surface area contributed by atoms with Crippen LogP contribution >= 0.6 is 11.3 Å². The molecule has 5 heteroatoms. The molecule has 0 aliphatic heterocycles. The Morgan fingerprint density at radius 2 is 2.12 bits per heavy atom. The average molecular weight is 252 g/mol. The van der Waals surface area contributed by atoms with E-state index in [-0.39, 0.29) is 6.61 Å². The second-order valence-electron chi connectivity index (χ2n) is 3.85. The number of unbranched alkanes of at least 4 members (excludes halogenated alkanes) is 2. The summed E-state index contributed by atoms with van der Waals surface area (Å²) >= 11 is 1.50. The molecule has 0 aliphatic rings. The van der Waals surface area contributed by atoms with Gasteiger partial charge in [0.2, 0.25) is 0 Å². The Kier molecular flexibility index (Phi) is 4.17. The molecular formula is C12H16N2O2S. The van der Waals surface area contributed by atoms with Gasteiger partial charge in [-0.1, -0.05) is 0 Å². The van der Waals surface area contributed by atoms with Gasteiger partial charge in [0.25, 0.3) is 0 Å². The highest BCUT2D eigenvalue weighted by Crippen LogP contribution is 2.15. The van der Waals surface area contributed by atoms with Crippen LogP contribution in [0.4, 0.5) is 0 Å². The molecule has 17 heavy (non-hydrogen) atoms. The molecule has 2 aromatic rings. The van der Waals surface area contributed by atoms with Crippen molar-refractivity contribution in [2.24, 2.45) is 4.99 Å². The van der Waals surface area contributed by atoms with Crippen molar-refractivity contribution in [3.8, 4) is 0 Å².